The number of hydrogen-bond donors (Lipinski definition) is 0. The molecule has 0 unspecified atom stereocenters. The van der Waals surface area contributed by atoms with Gasteiger partial charge >= 0.3 is 0 Å². The molecular weight excluding hydrogens is 154 g/mol. The lowest BCUT2D eigenvalue weighted by Gasteiger charge is -2.02. The molecule has 0 saturated heterocycles. The zero-order valence-corrected chi connectivity index (χ0v) is 5.69. The maximum atomic E-state index is 5.22. The maximum absolute atomic E-state index is 5.22. The van der Waals surface area contributed by atoms with E-state index >= 15 is 0 Å². The second kappa shape index (κ2) is 2.67. The molecule has 0 bridgehead atoms. The van der Waals surface area contributed by atoms with Crippen molar-refractivity contribution in [3.63, 3.8) is 0 Å². The Morgan fingerprint density at radius 1 is 1.43 bits per heavy atom. The van der Waals surface area contributed by atoms with Gasteiger partial charge in [0.25, 0.3) is 0 Å². The lowest BCUT2D eigenvalue weighted by molar-refractivity contribution is 1.11. The number of alkyl halides is 3. The van der Waals surface area contributed by atoms with Crippen LogP contribution in [0.15, 0.2) is 0 Å². The second-order valence-electron chi connectivity index (χ2n) is 0.996. The van der Waals surface area contributed by atoms with Crippen molar-refractivity contribution in [2.24, 2.45) is 0 Å². The molecular formula is C4H3Cl3. The van der Waals surface area contributed by atoms with E-state index in [1.165, 1.54) is 0 Å². The van der Waals surface area contributed by atoms with E-state index in [1.807, 2.05) is 0 Å². The van der Waals surface area contributed by atoms with Crippen LogP contribution in [0.1, 0.15) is 6.42 Å². The van der Waals surface area contributed by atoms with Crippen LogP contribution in [0.5, 0.6) is 0 Å². The van der Waals surface area contributed by atoms with E-state index in [2.05, 4.69) is 5.92 Å². The quantitative estimate of drug-likeness (QED) is 0.374. The van der Waals surface area contributed by atoms with E-state index in [-0.39, 0.29) is 6.42 Å². The van der Waals surface area contributed by atoms with E-state index in [0.717, 1.165) is 0 Å². The van der Waals surface area contributed by atoms with Crippen LogP contribution >= 0.6 is 34.8 Å². The first-order chi connectivity index (χ1) is 3.06. The molecule has 0 amide bonds. The highest BCUT2D eigenvalue weighted by Crippen LogP contribution is 2.28. The summed E-state index contributed by atoms with van der Waals surface area (Å²) in [6.07, 6.45) is 4.98. The maximum Gasteiger partial charge on any atom is 0.201 e. The molecule has 0 heterocycles. The molecule has 7 heavy (non-hydrogen) atoms. The largest absolute Gasteiger partial charge is 0.201 e. The second-order valence-corrected chi connectivity index (χ2v) is 3.51. The molecule has 40 valence electrons. The van der Waals surface area contributed by atoms with Crippen molar-refractivity contribution in [2.75, 3.05) is 0 Å². The van der Waals surface area contributed by atoms with Gasteiger partial charge in [-0.15, -0.1) is 12.3 Å². The van der Waals surface area contributed by atoms with Crippen LogP contribution in [0.3, 0.4) is 0 Å². The summed E-state index contributed by atoms with van der Waals surface area (Å²) in [5.74, 6) is 2.21. The number of rotatable bonds is 0. The Hall–Kier alpha value is 0.430. The fraction of sp³-hybridized carbons (Fsp3) is 0.500. The fourth-order valence-electron chi connectivity index (χ4n) is 0.116. The topological polar surface area (TPSA) is 0 Å². The van der Waals surface area contributed by atoms with Crippen LogP contribution in [-0.4, -0.2) is 3.79 Å². The van der Waals surface area contributed by atoms with Crippen molar-refractivity contribution >= 4 is 34.8 Å². The predicted octanol–water partition coefficient (Wildman–Crippen LogP) is 2.38. The third kappa shape index (κ3) is 6.43. The van der Waals surface area contributed by atoms with Gasteiger partial charge in [0, 0.05) is 0 Å². The van der Waals surface area contributed by atoms with Crippen LogP contribution in [0.25, 0.3) is 0 Å². The molecule has 0 fully saturated rings. The molecule has 3 heteroatoms. The van der Waals surface area contributed by atoms with Gasteiger partial charge in [0.15, 0.2) is 0 Å². The predicted molar refractivity (Wildman–Crippen MR) is 33.7 cm³/mol. The van der Waals surface area contributed by atoms with E-state index < -0.39 is 3.79 Å². The first-order valence-electron chi connectivity index (χ1n) is 1.56. The summed E-state index contributed by atoms with van der Waals surface area (Å²) in [7, 11) is 0. The number of halogens is 3. The summed E-state index contributed by atoms with van der Waals surface area (Å²) in [4.78, 5) is 0. The molecule has 0 aliphatic carbocycles. The van der Waals surface area contributed by atoms with Crippen LogP contribution < -0.4 is 0 Å². The minimum absolute atomic E-state index is 0.164. The number of terminal acetylenes is 1. The molecule has 0 rings (SSSR count). The van der Waals surface area contributed by atoms with Gasteiger partial charge in [0.1, 0.15) is 0 Å². The molecule has 0 aromatic heterocycles. The molecule has 0 atom stereocenters. The summed E-state index contributed by atoms with van der Waals surface area (Å²) in [6, 6.07) is 0. The highest BCUT2D eigenvalue weighted by atomic mass is 35.6. The summed E-state index contributed by atoms with van der Waals surface area (Å²) in [6.45, 7) is 0. The average molecular weight is 157 g/mol. The standard InChI is InChI=1S/C4H3Cl3/c1-2-3-4(5,6)7/h1H,3H2. The van der Waals surface area contributed by atoms with Crippen LogP contribution in [0.2, 0.25) is 0 Å². The molecule has 0 aliphatic heterocycles. The summed E-state index contributed by atoms with van der Waals surface area (Å²) in [5, 5.41) is 0. The Kier molecular flexibility index (Phi) is 2.83. The normalized spacial score (nSPS) is 10.6. The SMILES string of the molecule is C#CCC(Cl)(Cl)Cl. The van der Waals surface area contributed by atoms with Crippen molar-refractivity contribution in [3.8, 4) is 12.3 Å². The van der Waals surface area contributed by atoms with Crippen LogP contribution in [0.4, 0.5) is 0 Å². The van der Waals surface area contributed by atoms with E-state index in [4.69, 9.17) is 41.2 Å². The minimum Gasteiger partial charge on any atom is -0.120 e. The molecule has 0 radical (unpaired) electrons. The van der Waals surface area contributed by atoms with Gasteiger partial charge in [-0.25, -0.2) is 0 Å². The highest BCUT2D eigenvalue weighted by Gasteiger charge is 2.16. The lowest BCUT2D eigenvalue weighted by Crippen LogP contribution is -1.97. The summed E-state index contributed by atoms with van der Waals surface area (Å²) >= 11 is 15.7. The Morgan fingerprint density at radius 2 is 1.86 bits per heavy atom. The van der Waals surface area contributed by atoms with E-state index in [1.54, 1.807) is 0 Å². The molecule has 0 saturated carbocycles. The Labute approximate surface area is 57.7 Å². The third-order valence-corrected chi connectivity index (χ3v) is 0.703. The Balaban J connectivity index is 3.40. The molecule has 0 N–H and O–H groups in total. The summed E-state index contributed by atoms with van der Waals surface area (Å²) in [5.41, 5.74) is 0. The number of hydrogen-bond acceptors (Lipinski definition) is 0. The van der Waals surface area contributed by atoms with Gasteiger partial charge in [-0.1, -0.05) is 34.8 Å². The molecule has 0 nitrogen and oxygen atoms in total. The fourth-order valence-corrected chi connectivity index (χ4v) is 0.347. The Bertz CT molecular complexity index is 84.1. The average Bonchev–Trinajstić information content (AvgIpc) is 1.30. The highest BCUT2D eigenvalue weighted by molar-refractivity contribution is 6.67. The van der Waals surface area contributed by atoms with Crippen molar-refractivity contribution in [1.82, 2.24) is 0 Å². The molecule has 0 aromatic rings. The van der Waals surface area contributed by atoms with E-state index in [9.17, 15) is 0 Å². The van der Waals surface area contributed by atoms with Crippen molar-refractivity contribution in [1.29, 1.82) is 0 Å². The monoisotopic (exact) mass is 156 g/mol. The summed E-state index contributed by atoms with van der Waals surface area (Å²) < 4.78 is -1.27. The molecule has 0 spiro atoms. The zero-order valence-electron chi connectivity index (χ0n) is 3.42. The first kappa shape index (κ1) is 7.43. The van der Waals surface area contributed by atoms with Gasteiger partial charge in [-0.2, -0.15) is 0 Å². The molecule has 0 aromatic carbocycles. The van der Waals surface area contributed by atoms with Gasteiger partial charge in [0.05, 0.1) is 6.42 Å². The minimum atomic E-state index is -1.27. The van der Waals surface area contributed by atoms with Crippen LogP contribution in [0, 0.1) is 12.3 Å². The zero-order chi connectivity index (χ0) is 5.91. The third-order valence-electron chi connectivity index (χ3n) is 0.303. The molecule has 0 aliphatic rings. The van der Waals surface area contributed by atoms with Gasteiger partial charge < -0.3 is 0 Å². The van der Waals surface area contributed by atoms with E-state index in [0.29, 0.717) is 0 Å². The van der Waals surface area contributed by atoms with Crippen molar-refractivity contribution < 1.29 is 0 Å². The lowest BCUT2D eigenvalue weighted by atomic mass is 10.5. The van der Waals surface area contributed by atoms with Crippen LogP contribution in [-0.2, 0) is 0 Å². The Morgan fingerprint density at radius 3 is 1.86 bits per heavy atom. The van der Waals surface area contributed by atoms with Crippen molar-refractivity contribution in [3.05, 3.63) is 0 Å². The van der Waals surface area contributed by atoms with Gasteiger partial charge in [-0.05, 0) is 0 Å². The van der Waals surface area contributed by atoms with Gasteiger partial charge in [0.2, 0.25) is 3.79 Å². The first-order valence-corrected chi connectivity index (χ1v) is 2.70. The van der Waals surface area contributed by atoms with Gasteiger partial charge in [-0.3, -0.25) is 0 Å². The smallest absolute Gasteiger partial charge is 0.120 e. The van der Waals surface area contributed by atoms with Crippen molar-refractivity contribution in [2.45, 2.75) is 10.2 Å².